The van der Waals surface area contributed by atoms with Gasteiger partial charge >= 0.3 is 5.97 Å². The first-order valence-corrected chi connectivity index (χ1v) is 11.3. The fraction of sp³-hybridized carbons (Fsp3) is 0.500. The van der Waals surface area contributed by atoms with Crippen LogP contribution < -0.4 is 5.32 Å². The predicted octanol–water partition coefficient (Wildman–Crippen LogP) is 4.97. The number of benzene rings is 2. The van der Waals surface area contributed by atoms with Crippen LogP contribution in [-0.4, -0.2) is 28.3 Å². The van der Waals surface area contributed by atoms with Crippen LogP contribution in [0.25, 0.3) is 0 Å². The molecule has 0 aromatic heterocycles. The molecule has 174 valence electrons. The van der Waals surface area contributed by atoms with Crippen LogP contribution >= 0.6 is 0 Å². The third-order valence-electron chi connectivity index (χ3n) is 6.29. The molecule has 0 unspecified atom stereocenters. The Bertz CT molecular complexity index is 920. The summed E-state index contributed by atoms with van der Waals surface area (Å²) in [7, 11) is 0. The molecule has 3 N–H and O–H groups in total. The summed E-state index contributed by atoms with van der Waals surface area (Å²) in [6, 6.07) is 11.1. The Balaban J connectivity index is 1.56. The quantitative estimate of drug-likeness (QED) is 0.427. The van der Waals surface area contributed by atoms with Crippen molar-refractivity contribution in [3.63, 3.8) is 0 Å². The number of hydrogen-bond acceptors (Lipinski definition) is 3. The van der Waals surface area contributed by atoms with E-state index in [1.807, 2.05) is 0 Å². The average Bonchev–Trinajstić information content (AvgIpc) is 3.13. The van der Waals surface area contributed by atoms with Crippen molar-refractivity contribution in [2.45, 2.75) is 70.4 Å². The highest BCUT2D eigenvalue weighted by molar-refractivity contribution is 5.66. The van der Waals surface area contributed by atoms with Gasteiger partial charge in [-0.2, -0.15) is 0 Å². The summed E-state index contributed by atoms with van der Waals surface area (Å²) >= 11 is 0. The van der Waals surface area contributed by atoms with Crippen LogP contribution in [0.5, 0.6) is 0 Å². The number of carboxylic acids is 1. The number of hydrogen-bond donors (Lipinski definition) is 3. The Labute approximate surface area is 188 Å². The minimum atomic E-state index is -1.18. The Morgan fingerprint density at radius 1 is 1.16 bits per heavy atom. The minimum Gasteiger partial charge on any atom is -0.481 e. The summed E-state index contributed by atoms with van der Waals surface area (Å²) in [5.74, 6) is -2.38. The van der Waals surface area contributed by atoms with Gasteiger partial charge in [-0.15, -0.1) is 0 Å². The van der Waals surface area contributed by atoms with Crippen LogP contribution in [0, 0.1) is 17.6 Å². The molecule has 32 heavy (non-hydrogen) atoms. The Hall–Kier alpha value is -2.31. The molecule has 0 saturated heterocycles. The second kappa shape index (κ2) is 10.5. The first kappa shape index (κ1) is 24.3. The molecule has 4 nitrogen and oxygen atoms in total. The molecule has 0 aliphatic heterocycles. The van der Waals surface area contributed by atoms with E-state index in [2.05, 4.69) is 43.4 Å². The van der Waals surface area contributed by atoms with Gasteiger partial charge < -0.3 is 15.5 Å². The summed E-state index contributed by atoms with van der Waals surface area (Å²) in [4.78, 5) is 10.6. The molecule has 0 heterocycles. The van der Waals surface area contributed by atoms with E-state index in [-0.39, 0.29) is 24.1 Å². The number of aliphatic hydroxyl groups excluding tert-OH is 1. The number of aryl methyl sites for hydroxylation is 1. The zero-order valence-electron chi connectivity index (χ0n) is 18.8. The Morgan fingerprint density at radius 3 is 2.44 bits per heavy atom. The van der Waals surface area contributed by atoms with Gasteiger partial charge in [0.1, 0.15) is 0 Å². The van der Waals surface area contributed by atoms with E-state index in [1.54, 1.807) is 0 Å². The normalized spacial score (nSPS) is 15.0. The first-order chi connectivity index (χ1) is 15.1. The van der Waals surface area contributed by atoms with Crippen LogP contribution in [0.2, 0.25) is 0 Å². The van der Waals surface area contributed by atoms with Gasteiger partial charge in [-0.3, -0.25) is 4.79 Å². The Kier molecular flexibility index (Phi) is 8.01. The van der Waals surface area contributed by atoms with E-state index in [1.165, 1.54) is 17.2 Å². The third kappa shape index (κ3) is 6.59. The van der Waals surface area contributed by atoms with Crippen molar-refractivity contribution < 1.29 is 23.8 Å². The second-order valence-electron chi connectivity index (χ2n) is 9.61. The van der Waals surface area contributed by atoms with Crippen molar-refractivity contribution in [1.82, 2.24) is 5.32 Å². The van der Waals surface area contributed by atoms with E-state index in [0.29, 0.717) is 30.7 Å². The summed E-state index contributed by atoms with van der Waals surface area (Å²) in [5, 5.41) is 22.7. The SMILES string of the molecule is CC(C)(CC1Cc2ccccc2C1)NC[C@@H](O)c1cc(CCCCC(=O)O)cc(F)c1F. The fourth-order valence-electron chi connectivity index (χ4n) is 4.73. The number of rotatable bonds is 11. The highest BCUT2D eigenvalue weighted by Crippen LogP contribution is 2.32. The number of nitrogens with one attached hydrogen (secondary N) is 1. The van der Waals surface area contributed by atoms with Crippen LogP contribution in [0.15, 0.2) is 36.4 Å². The highest BCUT2D eigenvalue weighted by atomic mass is 19.2. The number of halogens is 2. The summed E-state index contributed by atoms with van der Waals surface area (Å²) in [5.41, 5.74) is 3.02. The highest BCUT2D eigenvalue weighted by Gasteiger charge is 2.29. The molecule has 1 aliphatic rings. The van der Waals surface area contributed by atoms with E-state index in [0.717, 1.165) is 25.3 Å². The van der Waals surface area contributed by atoms with Gasteiger partial charge in [0.05, 0.1) is 6.10 Å². The topological polar surface area (TPSA) is 69.6 Å². The minimum absolute atomic E-state index is 0.0459. The molecule has 0 amide bonds. The standard InChI is InChI=1S/C26H33F2NO3/c1-26(2,15-18-11-19-8-4-5-9-20(19)12-18)29-16-23(30)21-13-17(14-22(27)25(21)28)7-3-6-10-24(31)32/h4-5,8-9,13-14,18,23,29-30H,3,6-7,10-12,15-16H2,1-2H3,(H,31,32)/t23-/m1/s1. The number of unbranched alkanes of at least 4 members (excludes halogenated alkanes) is 1. The van der Waals surface area contributed by atoms with Gasteiger partial charge in [0.2, 0.25) is 0 Å². The van der Waals surface area contributed by atoms with E-state index < -0.39 is 23.7 Å². The maximum Gasteiger partial charge on any atom is 0.303 e. The summed E-state index contributed by atoms with van der Waals surface area (Å²) in [6.07, 6.45) is 3.31. The number of aliphatic carboxylic acids is 1. The van der Waals surface area contributed by atoms with Crippen LogP contribution in [0.3, 0.4) is 0 Å². The molecule has 0 radical (unpaired) electrons. The molecule has 2 aromatic carbocycles. The molecule has 1 atom stereocenters. The molecule has 3 rings (SSSR count). The number of carbonyl (C=O) groups is 1. The van der Waals surface area contributed by atoms with Crippen molar-refractivity contribution in [3.8, 4) is 0 Å². The van der Waals surface area contributed by atoms with Crippen molar-refractivity contribution in [2.24, 2.45) is 5.92 Å². The van der Waals surface area contributed by atoms with Crippen LogP contribution in [-0.2, 0) is 24.1 Å². The lowest BCUT2D eigenvalue weighted by molar-refractivity contribution is -0.137. The lowest BCUT2D eigenvalue weighted by atomic mass is 9.88. The molecule has 0 saturated carbocycles. The van der Waals surface area contributed by atoms with Crippen molar-refractivity contribution in [1.29, 1.82) is 0 Å². The maximum atomic E-state index is 14.4. The molecule has 0 fully saturated rings. The van der Waals surface area contributed by atoms with Crippen molar-refractivity contribution in [3.05, 3.63) is 70.3 Å². The summed E-state index contributed by atoms with van der Waals surface area (Å²) < 4.78 is 28.5. The van der Waals surface area contributed by atoms with Crippen molar-refractivity contribution in [2.75, 3.05) is 6.54 Å². The first-order valence-electron chi connectivity index (χ1n) is 11.3. The zero-order valence-corrected chi connectivity index (χ0v) is 18.8. The number of carboxylic acid groups (broad SMARTS) is 1. The number of fused-ring (bicyclic) bond motifs is 1. The van der Waals surface area contributed by atoms with Gasteiger partial charge in [0.15, 0.2) is 11.6 Å². The largest absolute Gasteiger partial charge is 0.481 e. The van der Waals surface area contributed by atoms with Gasteiger partial charge in [0.25, 0.3) is 0 Å². The predicted molar refractivity (Wildman–Crippen MR) is 121 cm³/mol. The monoisotopic (exact) mass is 445 g/mol. The molecular weight excluding hydrogens is 412 g/mol. The van der Waals surface area contributed by atoms with E-state index in [9.17, 15) is 18.7 Å². The molecule has 0 bridgehead atoms. The number of β-amino-alcohol motifs (C(OH)–C–C–N with tert-alkyl or cyclic N) is 1. The molecule has 6 heteroatoms. The smallest absolute Gasteiger partial charge is 0.303 e. The van der Waals surface area contributed by atoms with Gasteiger partial charge in [0, 0.05) is 24.1 Å². The lowest BCUT2D eigenvalue weighted by Crippen LogP contribution is -2.43. The second-order valence-corrected chi connectivity index (χ2v) is 9.61. The lowest BCUT2D eigenvalue weighted by Gasteiger charge is -2.30. The molecular formula is C26H33F2NO3. The third-order valence-corrected chi connectivity index (χ3v) is 6.29. The van der Waals surface area contributed by atoms with Crippen LogP contribution in [0.1, 0.15) is 67.9 Å². The maximum absolute atomic E-state index is 14.4. The molecule has 0 spiro atoms. The number of aliphatic hydroxyl groups is 1. The zero-order chi connectivity index (χ0) is 23.3. The molecule has 2 aromatic rings. The van der Waals surface area contributed by atoms with Gasteiger partial charge in [-0.25, -0.2) is 8.78 Å². The van der Waals surface area contributed by atoms with Gasteiger partial charge in [-0.05, 0) is 81.0 Å². The molecule has 1 aliphatic carbocycles. The van der Waals surface area contributed by atoms with Crippen LogP contribution in [0.4, 0.5) is 8.78 Å². The average molecular weight is 446 g/mol. The van der Waals surface area contributed by atoms with E-state index in [4.69, 9.17) is 5.11 Å². The Morgan fingerprint density at radius 2 is 1.81 bits per heavy atom. The van der Waals surface area contributed by atoms with Crippen molar-refractivity contribution >= 4 is 5.97 Å². The van der Waals surface area contributed by atoms with Gasteiger partial charge in [-0.1, -0.05) is 30.3 Å². The summed E-state index contributed by atoms with van der Waals surface area (Å²) in [6.45, 7) is 4.25. The van der Waals surface area contributed by atoms with E-state index >= 15 is 0 Å². The fourth-order valence-corrected chi connectivity index (χ4v) is 4.73.